The molecule has 0 bridgehead atoms. The summed E-state index contributed by atoms with van der Waals surface area (Å²) >= 11 is 2.23. The summed E-state index contributed by atoms with van der Waals surface area (Å²) in [5.74, 6) is 1.41. The average Bonchev–Trinajstić information content (AvgIpc) is 2.38. The SMILES string of the molecule is CCCc1nc(Cc2ccc(C)cc2)nc(N)c1I. The van der Waals surface area contributed by atoms with Crippen LogP contribution in [0.5, 0.6) is 0 Å². The lowest BCUT2D eigenvalue weighted by Crippen LogP contribution is -2.08. The van der Waals surface area contributed by atoms with Crippen molar-refractivity contribution in [2.45, 2.75) is 33.1 Å². The largest absolute Gasteiger partial charge is 0.383 e. The molecule has 0 aliphatic heterocycles. The number of nitrogens with zero attached hydrogens (tertiary/aromatic N) is 2. The molecule has 1 aromatic carbocycles. The predicted molar refractivity (Wildman–Crippen MR) is 87.1 cm³/mol. The van der Waals surface area contributed by atoms with Crippen LogP contribution >= 0.6 is 22.6 Å². The minimum Gasteiger partial charge on any atom is -0.383 e. The van der Waals surface area contributed by atoms with E-state index in [4.69, 9.17) is 5.73 Å². The normalized spacial score (nSPS) is 10.7. The second kappa shape index (κ2) is 6.32. The smallest absolute Gasteiger partial charge is 0.140 e. The highest BCUT2D eigenvalue weighted by Gasteiger charge is 2.09. The van der Waals surface area contributed by atoms with E-state index in [0.29, 0.717) is 5.82 Å². The molecular formula is C15H18IN3. The van der Waals surface area contributed by atoms with Crippen molar-refractivity contribution in [1.29, 1.82) is 0 Å². The Morgan fingerprint density at radius 1 is 1.16 bits per heavy atom. The number of nitrogen functional groups attached to an aromatic ring is 1. The number of aromatic nitrogens is 2. The first-order chi connectivity index (χ1) is 9.10. The van der Waals surface area contributed by atoms with Gasteiger partial charge in [0.2, 0.25) is 0 Å². The van der Waals surface area contributed by atoms with Crippen LogP contribution in [0.3, 0.4) is 0 Å². The maximum absolute atomic E-state index is 5.97. The molecule has 100 valence electrons. The number of nitrogens with two attached hydrogens (primary N) is 1. The van der Waals surface area contributed by atoms with Gasteiger partial charge < -0.3 is 5.73 Å². The molecule has 2 rings (SSSR count). The van der Waals surface area contributed by atoms with Crippen LogP contribution in [-0.4, -0.2) is 9.97 Å². The highest BCUT2D eigenvalue weighted by Crippen LogP contribution is 2.19. The van der Waals surface area contributed by atoms with E-state index in [0.717, 1.165) is 34.4 Å². The molecule has 4 heteroatoms. The Hall–Kier alpha value is -1.17. The van der Waals surface area contributed by atoms with Crippen LogP contribution < -0.4 is 5.73 Å². The molecule has 0 aliphatic rings. The second-order valence-electron chi connectivity index (χ2n) is 4.70. The van der Waals surface area contributed by atoms with Crippen LogP contribution in [0.25, 0.3) is 0 Å². The van der Waals surface area contributed by atoms with Crippen molar-refractivity contribution >= 4 is 28.4 Å². The van der Waals surface area contributed by atoms with Gasteiger partial charge in [-0.1, -0.05) is 43.2 Å². The molecule has 3 nitrogen and oxygen atoms in total. The summed E-state index contributed by atoms with van der Waals surface area (Å²) in [6, 6.07) is 8.45. The molecule has 19 heavy (non-hydrogen) atoms. The van der Waals surface area contributed by atoms with Crippen molar-refractivity contribution in [3.63, 3.8) is 0 Å². The third-order valence-electron chi connectivity index (χ3n) is 2.96. The van der Waals surface area contributed by atoms with Gasteiger partial charge >= 0.3 is 0 Å². The summed E-state index contributed by atoms with van der Waals surface area (Å²) in [4.78, 5) is 9.03. The highest BCUT2D eigenvalue weighted by molar-refractivity contribution is 14.1. The fraction of sp³-hybridized carbons (Fsp3) is 0.333. The molecular weight excluding hydrogens is 349 g/mol. The Morgan fingerprint density at radius 3 is 2.47 bits per heavy atom. The number of hydrogen-bond donors (Lipinski definition) is 1. The van der Waals surface area contributed by atoms with Crippen LogP contribution in [0.2, 0.25) is 0 Å². The summed E-state index contributed by atoms with van der Waals surface area (Å²) in [7, 11) is 0. The molecule has 0 saturated heterocycles. The zero-order valence-electron chi connectivity index (χ0n) is 11.3. The molecule has 0 amide bonds. The number of rotatable bonds is 4. The quantitative estimate of drug-likeness (QED) is 0.842. The third-order valence-corrected chi connectivity index (χ3v) is 4.14. The fourth-order valence-corrected chi connectivity index (χ4v) is 2.45. The Bertz CT molecular complexity index is 564. The Balaban J connectivity index is 2.27. The van der Waals surface area contributed by atoms with Crippen LogP contribution in [-0.2, 0) is 12.8 Å². The summed E-state index contributed by atoms with van der Waals surface area (Å²) in [5, 5.41) is 0. The van der Waals surface area contributed by atoms with Crippen molar-refractivity contribution in [1.82, 2.24) is 9.97 Å². The minimum atomic E-state index is 0.598. The van der Waals surface area contributed by atoms with Crippen molar-refractivity contribution in [2.24, 2.45) is 0 Å². The van der Waals surface area contributed by atoms with E-state index >= 15 is 0 Å². The van der Waals surface area contributed by atoms with Gasteiger partial charge in [0.1, 0.15) is 11.6 Å². The summed E-state index contributed by atoms with van der Waals surface area (Å²) in [5.41, 5.74) is 9.52. The number of halogens is 1. The standard InChI is InChI=1S/C15H18IN3/c1-3-4-12-14(16)15(17)19-13(18-12)9-11-7-5-10(2)6-8-11/h5-8H,3-4,9H2,1-2H3,(H2,17,18,19). The van der Waals surface area contributed by atoms with E-state index in [-0.39, 0.29) is 0 Å². The molecule has 0 spiro atoms. The third kappa shape index (κ3) is 3.65. The van der Waals surface area contributed by atoms with Crippen LogP contribution in [0.1, 0.15) is 36.0 Å². The van der Waals surface area contributed by atoms with E-state index in [1.165, 1.54) is 11.1 Å². The van der Waals surface area contributed by atoms with Gasteiger partial charge in [-0.15, -0.1) is 0 Å². The summed E-state index contributed by atoms with van der Waals surface area (Å²) in [6.45, 7) is 4.23. The number of benzene rings is 1. The average molecular weight is 367 g/mol. The molecule has 2 N–H and O–H groups in total. The molecule has 0 fully saturated rings. The van der Waals surface area contributed by atoms with E-state index in [1.54, 1.807) is 0 Å². The molecule has 0 saturated carbocycles. The first-order valence-electron chi connectivity index (χ1n) is 6.46. The monoisotopic (exact) mass is 367 g/mol. The van der Waals surface area contributed by atoms with Gasteiger partial charge in [-0.2, -0.15) is 0 Å². The van der Waals surface area contributed by atoms with Crippen LogP contribution in [0, 0.1) is 10.5 Å². The Morgan fingerprint density at radius 2 is 1.84 bits per heavy atom. The van der Waals surface area contributed by atoms with Crippen molar-refractivity contribution in [3.05, 3.63) is 50.5 Å². The topological polar surface area (TPSA) is 51.8 Å². The Labute approximate surface area is 127 Å². The van der Waals surface area contributed by atoms with Gasteiger partial charge in [0.25, 0.3) is 0 Å². The maximum atomic E-state index is 5.97. The van der Waals surface area contributed by atoms with Gasteiger partial charge in [-0.3, -0.25) is 0 Å². The number of aryl methyl sites for hydroxylation is 2. The predicted octanol–water partition coefficient (Wildman–Crippen LogP) is 3.52. The zero-order valence-corrected chi connectivity index (χ0v) is 13.4. The molecule has 0 atom stereocenters. The minimum absolute atomic E-state index is 0.598. The Kier molecular flexibility index (Phi) is 4.74. The summed E-state index contributed by atoms with van der Waals surface area (Å²) < 4.78 is 0.993. The van der Waals surface area contributed by atoms with E-state index in [2.05, 4.69) is 70.7 Å². The van der Waals surface area contributed by atoms with Gasteiger partial charge in [0.05, 0.1) is 9.26 Å². The van der Waals surface area contributed by atoms with Gasteiger partial charge in [0, 0.05) is 6.42 Å². The molecule has 0 unspecified atom stereocenters. The van der Waals surface area contributed by atoms with Crippen LogP contribution in [0.15, 0.2) is 24.3 Å². The van der Waals surface area contributed by atoms with Crippen molar-refractivity contribution < 1.29 is 0 Å². The zero-order chi connectivity index (χ0) is 13.8. The summed E-state index contributed by atoms with van der Waals surface area (Å²) in [6.07, 6.45) is 2.75. The first kappa shape index (κ1) is 14.2. The maximum Gasteiger partial charge on any atom is 0.140 e. The van der Waals surface area contributed by atoms with Gasteiger partial charge in [-0.25, -0.2) is 9.97 Å². The van der Waals surface area contributed by atoms with Crippen LogP contribution in [0.4, 0.5) is 5.82 Å². The lowest BCUT2D eigenvalue weighted by atomic mass is 10.1. The van der Waals surface area contributed by atoms with Crippen molar-refractivity contribution in [3.8, 4) is 0 Å². The van der Waals surface area contributed by atoms with E-state index < -0.39 is 0 Å². The second-order valence-corrected chi connectivity index (χ2v) is 5.78. The lowest BCUT2D eigenvalue weighted by Gasteiger charge is -2.08. The molecule has 0 radical (unpaired) electrons. The molecule has 1 heterocycles. The fourth-order valence-electron chi connectivity index (χ4n) is 1.94. The van der Waals surface area contributed by atoms with E-state index in [1.807, 2.05) is 0 Å². The molecule has 2 aromatic rings. The van der Waals surface area contributed by atoms with Gasteiger partial charge in [-0.05, 0) is 41.5 Å². The van der Waals surface area contributed by atoms with E-state index in [9.17, 15) is 0 Å². The first-order valence-corrected chi connectivity index (χ1v) is 7.54. The van der Waals surface area contributed by atoms with Gasteiger partial charge in [0.15, 0.2) is 0 Å². The molecule has 0 aliphatic carbocycles. The number of anilines is 1. The lowest BCUT2D eigenvalue weighted by molar-refractivity contribution is 0.836. The number of hydrogen-bond acceptors (Lipinski definition) is 3. The highest BCUT2D eigenvalue weighted by atomic mass is 127. The molecule has 1 aromatic heterocycles. The van der Waals surface area contributed by atoms with Crippen molar-refractivity contribution in [2.75, 3.05) is 5.73 Å².